The molecule has 7 heteroatoms. The van der Waals surface area contributed by atoms with E-state index in [-0.39, 0.29) is 17.2 Å². The lowest BCUT2D eigenvalue weighted by Gasteiger charge is -2.16. The molecule has 1 aliphatic carbocycles. The number of aromatic hydroxyl groups is 2. The molecule has 1 aliphatic rings. The van der Waals surface area contributed by atoms with E-state index in [4.69, 9.17) is 9.73 Å². The lowest BCUT2D eigenvalue weighted by Crippen LogP contribution is -2.18. The summed E-state index contributed by atoms with van der Waals surface area (Å²) in [6, 6.07) is 3.46. The smallest absolute Gasteiger partial charge is 0.203 e. The van der Waals surface area contributed by atoms with E-state index in [0.29, 0.717) is 16.6 Å². The molecular weight excluding hydrogens is 314 g/mol. The van der Waals surface area contributed by atoms with Gasteiger partial charge >= 0.3 is 0 Å². The van der Waals surface area contributed by atoms with E-state index in [1.165, 1.54) is 37.7 Å². The third-order valence-electron chi connectivity index (χ3n) is 4.07. The maximum atomic E-state index is 9.93. The molecule has 1 fully saturated rings. The lowest BCUT2D eigenvalue weighted by molar-refractivity contribution is 0.345. The molecule has 0 bridgehead atoms. The van der Waals surface area contributed by atoms with Gasteiger partial charge in [-0.2, -0.15) is 5.10 Å². The molecule has 0 unspecified atom stereocenters. The van der Waals surface area contributed by atoms with Crippen molar-refractivity contribution >= 4 is 11.3 Å². The number of phenols is 2. The Balaban J connectivity index is 1.96. The Kier molecular flexibility index (Phi) is 4.56. The van der Waals surface area contributed by atoms with Crippen molar-refractivity contribution in [2.75, 3.05) is 7.11 Å². The molecule has 1 aromatic heterocycles. The Hall–Kier alpha value is -2.02. The van der Waals surface area contributed by atoms with Gasteiger partial charge in [-0.15, -0.1) is 0 Å². The maximum absolute atomic E-state index is 9.93. The van der Waals surface area contributed by atoms with Crippen LogP contribution in [0, 0.1) is 0 Å². The molecule has 124 valence electrons. The molecule has 23 heavy (non-hydrogen) atoms. The van der Waals surface area contributed by atoms with Crippen molar-refractivity contribution in [2.24, 2.45) is 12.0 Å². The second-order valence-electron chi connectivity index (χ2n) is 5.78. The third-order valence-corrected chi connectivity index (χ3v) is 5.14. The first-order chi connectivity index (χ1) is 11.1. The van der Waals surface area contributed by atoms with Gasteiger partial charge in [-0.25, -0.2) is 4.68 Å². The van der Waals surface area contributed by atoms with E-state index >= 15 is 0 Å². The zero-order chi connectivity index (χ0) is 16.4. The Labute approximate surface area is 138 Å². The van der Waals surface area contributed by atoms with Crippen LogP contribution in [0.3, 0.4) is 0 Å². The number of hydrogen-bond acceptors (Lipinski definition) is 6. The number of rotatable bonds is 3. The molecule has 0 radical (unpaired) electrons. The molecule has 1 heterocycles. The van der Waals surface area contributed by atoms with Gasteiger partial charge in [0.1, 0.15) is 5.01 Å². The van der Waals surface area contributed by atoms with Crippen LogP contribution in [0.15, 0.2) is 17.1 Å². The quantitative estimate of drug-likeness (QED) is 0.904. The summed E-state index contributed by atoms with van der Waals surface area (Å²) in [4.78, 5) is 5.67. The van der Waals surface area contributed by atoms with E-state index in [1.807, 2.05) is 7.05 Å². The second kappa shape index (κ2) is 6.62. The molecule has 6 nitrogen and oxygen atoms in total. The first-order valence-corrected chi connectivity index (χ1v) is 8.58. The average molecular weight is 335 g/mol. The Morgan fingerprint density at radius 3 is 2.48 bits per heavy atom. The van der Waals surface area contributed by atoms with E-state index < -0.39 is 0 Å². The molecule has 0 spiro atoms. The van der Waals surface area contributed by atoms with Crippen molar-refractivity contribution in [3.05, 3.63) is 16.9 Å². The fourth-order valence-corrected chi connectivity index (χ4v) is 3.82. The van der Waals surface area contributed by atoms with Crippen LogP contribution in [-0.2, 0) is 7.05 Å². The van der Waals surface area contributed by atoms with E-state index in [2.05, 4.69) is 5.10 Å². The van der Waals surface area contributed by atoms with Gasteiger partial charge in [0.2, 0.25) is 10.6 Å². The van der Waals surface area contributed by atoms with Crippen molar-refractivity contribution in [1.82, 2.24) is 9.78 Å². The summed E-state index contributed by atoms with van der Waals surface area (Å²) >= 11 is 1.46. The summed E-state index contributed by atoms with van der Waals surface area (Å²) in [6.45, 7) is 0. The topological polar surface area (TPSA) is 79.9 Å². The number of nitrogens with zero attached hydrogens (tertiary/aromatic N) is 3. The fourth-order valence-electron chi connectivity index (χ4n) is 2.88. The van der Waals surface area contributed by atoms with Crippen molar-refractivity contribution in [3.63, 3.8) is 0 Å². The predicted molar refractivity (Wildman–Crippen MR) is 88.8 cm³/mol. The monoisotopic (exact) mass is 335 g/mol. The van der Waals surface area contributed by atoms with Gasteiger partial charge in [-0.3, -0.25) is 4.99 Å². The zero-order valence-corrected chi connectivity index (χ0v) is 14.1. The highest BCUT2D eigenvalue weighted by molar-refractivity contribution is 7.12. The minimum atomic E-state index is -0.105. The molecule has 3 rings (SSSR count). The van der Waals surface area contributed by atoms with E-state index in [1.54, 1.807) is 16.8 Å². The minimum absolute atomic E-state index is 0.0711. The van der Waals surface area contributed by atoms with Gasteiger partial charge in [-0.05, 0) is 25.0 Å². The van der Waals surface area contributed by atoms with Crippen molar-refractivity contribution in [3.8, 4) is 27.8 Å². The second-order valence-corrected chi connectivity index (χ2v) is 6.74. The van der Waals surface area contributed by atoms with E-state index in [0.717, 1.165) is 17.6 Å². The van der Waals surface area contributed by atoms with Crippen molar-refractivity contribution in [1.29, 1.82) is 0 Å². The Morgan fingerprint density at radius 1 is 1.22 bits per heavy atom. The van der Waals surface area contributed by atoms with E-state index in [9.17, 15) is 10.2 Å². The molecule has 2 N–H and O–H groups in total. The van der Waals surface area contributed by atoms with Gasteiger partial charge in [0, 0.05) is 12.6 Å². The summed E-state index contributed by atoms with van der Waals surface area (Å²) in [7, 11) is 3.27. The van der Waals surface area contributed by atoms with Crippen LogP contribution in [0.25, 0.3) is 10.6 Å². The number of hydrogen-bond donors (Lipinski definition) is 2. The summed E-state index contributed by atoms with van der Waals surface area (Å²) in [5.41, 5.74) is 0.645. The van der Waals surface area contributed by atoms with Gasteiger partial charge < -0.3 is 14.9 Å². The Bertz CT molecular complexity index is 737. The summed E-state index contributed by atoms with van der Waals surface area (Å²) in [5.74, 6) is -0.140. The SMILES string of the molecule is COc1c(O)cc(-c2nn(C)/c(=N\C3CCCCC3)s2)cc1O. The lowest BCUT2D eigenvalue weighted by atomic mass is 9.96. The number of aromatic nitrogens is 2. The molecule has 0 saturated heterocycles. The first kappa shape index (κ1) is 15.9. The van der Waals surface area contributed by atoms with Crippen LogP contribution in [0.2, 0.25) is 0 Å². The highest BCUT2D eigenvalue weighted by Gasteiger charge is 2.15. The molecule has 1 aromatic carbocycles. The average Bonchev–Trinajstić information content (AvgIpc) is 2.89. The Morgan fingerprint density at radius 2 is 1.87 bits per heavy atom. The van der Waals surface area contributed by atoms with Crippen LogP contribution in [0.5, 0.6) is 17.2 Å². The summed E-state index contributed by atoms with van der Waals surface area (Å²) in [6.07, 6.45) is 6.05. The standard InChI is InChI=1S/C16H21N3O3S/c1-19-16(17-11-6-4-3-5-7-11)23-15(18-19)10-8-12(20)14(22-2)13(21)9-10/h8-9,11,20-21H,3-7H2,1-2H3/b17-16+. The number of benzene rings is 1. The molecule has 0 amide bonds. The molecule has 0 aliphatic heterocycles. The van der Waals surface area contributed by atoms with Crippen LogP contribution in [0.1, 0.15) is 32.1 Å². The predicted octanol–water partition coefficient (Wildman–Crippen LogP) is 2.80. The van der Waals surface area contributed by atoms with Gasteiger partial charge in [0.05, 0.1) is 13.2 Å². The molecule has 2 aromatic rings. The zero-order valence-electron chi connectivity index (χ0n) is 13.3. The van der Waals surface area contributed by atoms with Crippen LogP contribution in [-0.4, -0.2) is 33.1 Å². The van der Waals surface area contributed by atoms with Crippen LogP contribution in [0.4, 0.5) is 0 Å². The third kappa shape index (κ3) is 3.34. The normalized spacial score (nSPS) is 16.7. The van der Waals surface area contributed by atoms with Gasteiger partial charge in [0.15, 0.2) is 11.5 Å². The van der Waals surface area contributed by atoms with Crippen molar-refractivity contribution in [2.45, 2.75) is 38.1 Å². The number of aryl methyl sites for hydroxylation is 1. The van der Waals surface area contributed by atoms with Gasteiger partial charge in [0.25, 0.3) is 0 Å². The van der Waals surface area contributed by atoms with Crippen LogP contribution >= 0.6 is 11.3 Å². The van der Waals surface area contributed by atoms with Crippen molar-refractivity contribution < 1.29 is 14.9 Å². The summed E-state index contributed by atoms with van der Waals surface area (Å²) < 4.78 is 6.71. The molecule has 0 atom stereocenters. The largest absolute Gasteiger partial charge is 0.504 e. The fraction of sp³-hybridized carbons (Fsp3) is 0.500. The number of phenolic OH excluding ortho intramolecular Hbond substituents is 2. The molecular formula is C16H21N3O3S. The first-order valence-electron chi connectivity index (χ1n) is 7.77. The highest BCUT2D eigenvalue weighted by atomic mass is 32.1. The van der Waals surface area contributed by atoms with Gasteiger partial charge in [-0.1, -0.05) is 30.6 Å². The minimum Gasteiger partial charge on any atom is -0.504 e. The van der Waals surface area contributed by atoms with Crippen LogP contribution < -0.4 is 9.54 Å². The maximum Gasteiger partial charge on any atom is 0.203 e. The number of ether oxygens (including phenoxy) is 1. The summed E-state index contributed by atoms with van der Waals surface area (Å²) in [5, 5.41) is 25.0. The molecule has 1 saturated carbocycles. The highest BCUT2D eigenvalue weighted by Crippen LogP contribution is 2.39. The number of methoxy groups -OCH3 is 1.